The minimum atomic E-state index is -0.353. The Morgan fingerprint density at radius 3 is 2.65 bits per heavy atom. The molecule has 1 aromatic carbocycles. The van der Waals surface area contributed by atoms with Crippen LogP contribution >= 0.6 is 0 Å². The van der Waals surface area contributed by atoms with Crippen LogP contribution in [-0.2, 0) is 12.8 Å². The van der Waals surface area contributed by atoms with Crippen LogP contribution in [0.25, 0.3) is 0 Å². The highest BCUT2D eigenvalue weighted by Gasteiger charge is 2.38. The highest BCUT2D eigenvalue weighted by atomic mass is 16.4. The van der Waals surface area contributed by atoms with Gasteiger partial charge in [0.15, 0.2) is 0 Å². The molecule has 1 atom stereocenters. The van der Waals surface area contributed by atoms with Crippen LogP contribution in [0.4, 0.5) is 5.69 Å². The quantitative estimate of drug-likeness (QED) is 0.844. The predicted molar refractivity (Wildman–Crippen MR) is 103 cm³/mol. The van der Waals surface area contributed by atoms with Crippen molar-refractivity contribution in [2.45, 2.75) is 57.3 Å². The molecule has 2 N–H and O–H groups in total. The number of nitrogens with one attached hydrogen (secondary N) is 1. The molecular formula is C22H27NO3. The van der Waals surface area contributed by atoms with Crippen molar-refractivity contribution in [3.05, 3.63) is 57.1 Å². The third-order valence-electron chi connectivity index (χ3n) is 5.83. The SMILES string of the molecule is CNc1cccc(C(c2c(O)c3c(oc2=O)CCCCCC3)C2CC2)c1. The van der Waals surface area contributed by atoms with Crippen molar-refractivity contribution in [2.24, 2.45) is 5.92 Å². The third kappa shape index (κ3) is 3.25. The Hall–Kier alpha value is -2.23. The summed E-state index contributed by atoms with van der Waals surface area (Å²) in [5, 5.41) is 14.3. The normalized spacial score (nSPS) is 18.5. The molecule has 1 fully saturated rings. The second kappa shape index (κ2) is 7.18. The predicted octanol–water partition coefficient (Wildman–Crippen LogP) is 4.59. The van der Waals surface area contributed by atoms with Gasteiger partial charge in [-0.2, -0.15) is 0 Å². The van der Waals surface area contributed by atoms with E-state index < -0.39 is 0 Å². The van der Waals surface area contributed by atoms with E-state index in [-0.39, 0.29) is 17.3 Å². The number of fused-ring (bicyclic) bond motifs is 1. The Balaban J connectivity index is 1.83. The average Bonchev–Trinajstić information content (AvgIpc) is 3.45. The summed E-state index contributed by atoms with van der Waals surface area (Å²) in [5.41, 5.74) is 3.08. The molecule has 1 saturated carbocycles. The maximum Gasteiger partial charge on any atom is 0.343 e. The Labute approximate surface area is 154 Å². The van der Waals surface area contributed by atoms with Crippen molar-refractivity contribution in [3.8, 4) is 5.75 Å². The summed E-state index contributed by atoms with van der Waals surface area (Å²) in [6.45, 7) is 0. The van der Waals surface area contributed by atoms with E-state index in [9.17, 15) is 9.90 Å². The second-order valence-electron chi connectivity index (χ2n) is 7.66. The van der Waals surface area contributed by atoms with Crippen molar-refractivity contribution < 1.29 is 9.52 Å². The van der Waals surface area contributed by atoms with E-state index in [0.29, 0.717) is 17.2 Å². The van der Waals surface area contributed by atoms with Gasteiger partial charge >= 0.3 is 5.63 Å². The van der Waals surface area contributed by atoms with E-state index >= 15 is 0 Å². The molecule has 0 radical (unpaired) electrons. The lowest BCUT2D eigenvalue weighted by atomic mass is 9.85. The summed E-state index contributed by atoms with van der Waals surface area (Å²) in [5.74, 6) is 1.22. The first-order valence-electron chi connectivity index (χ1n) is 9.84. The fourth-order valence-corrected chi connectivity index (χ4v) is 4.29. The number of benzene rings is 1. The molecule has 138 valence electrons. The first kappa shape index (κ1) is 17.2. The topological polar surface area (TPSA) is 62.5 Å². The van der Waals surface area contributed by atoms with E-state index in [1.807, 2.05) is 19.2 Å². The minimum Gasteiger partial charge on any atom is -0.507 e. The molecule has 26 heavy (non-hydrogen) atoms. The van der Waals surface area contributed by atoms with E-state index in [1.54, 1.807) is 0 Å². The largest absolute Gasteiger partial charge is 0.507 e. The number of aryl methyl sites for hydroxylation is 1. The number of hydrogen-bond donors (Lipinski definition) is 2. The van der Waals surface area contributed by atoms with Crippen molar-refractivity contribution >= 4 is 5.69 Å². The van der Waals surface area contributed by atoms with Crippen molar-refractivity contribution in [1.29, 1.82) is 0 Å². The Morgan fingerprint density at radius 2 is 1.92 bits per heavy atom. The smallest absolute Gasteiger partial charge is 0.343 e. The summed E-state index contributed by atoms with van der Waals surface area (Å²) in [6.07, 6.45) is 8.11. The zero-order valence-corrected chi connectivity index (χ0v) is 15.4. The molecule has 4 nitrogen and oxygen atoms in total. The maximum absolute atomic E-state index is 12.9. The van der Waals surface area contributed by atoms with Crippen molar-refractivity contribution in [1.82, 2.24) is 0 Å². The lowest BCUT2D eigenvalue weighted by molar-refractivity contribution is 0.382. The van der Waals surface area contributed by atoms with Crippen LogP contribution in [0.1, 0.15) is 66.9 Å². The van der Waals surface area contributed by atoms with Gasteiger partial charge in [-0.3, -0.25) is 0 Å². The van der Waals surface area contributed by atoms with Gasteiger partial charge in [-0.05, 0) is 55.7 Å². The molecule has 2 aliphatic carbocycles. The van der Waals surface area contributed by atoms with Gasteiger partial charge in [-0.25, -0.2) is 4.79 Å². The molecule has 2 aliphatic rings. The zero-order valence-electron chi connectivity index (χ0n) is 15.4. The Bertz CT molecular complexity index is 851. The van der Waals surface area contributed by atoms with Gasteiger partial charge in [0.2, 0.25) is 0 Å². The first-order valence-corrected chi connectivity index (χ1v) is 9.84. The Morgan fingerprint density at radius 1 is 1.15 bits per heavy atom. The molecule has 2 aromatic rings. The van der Waals surface area contributed by atoms with Crippen LogP contribution in [0.2, 0.25) is 0 Å². The number of hydrogen-bond acceptors (Lipinski definition) is 4. The van der Waals surface area contributed by atoms with Crippen LogP contribution in [-0.4, -0.2) is 12.2 Å². The van der Waals surface area contributed by atoms with Gasteiger partial charge in [-0.1, -0.05) is 25.0 Å². The summed E-state index contributed by atoms with van der Waals surface area (Å²) >= 11 is 0. The average molecular weight is 353 g/mol. The van der Waals surface area contributed by atoms with Crippen LogP contribution in [0.5, 0.6) is 5.75 Å². The fourth-order valence-electron chi connectivity index (χ4n) is 4.29. The number of aromatic hydroxyl groups is 1. The van der Waals surface area contributed by atoms with E-state index in [2.05, 4.69) is 17.4 Å². The van der Waals surface area contributed by atoms with Crippen LogP contribution in [0.3, 0.4) is 0 Å². The van der Waals surface area contributed by atoms with Gasteiger partial charge in [0.25, 0.3) is 0 Å². The molecule has 4 rings (SSSR count). The molecular weight excluding hydrogens is 326 g/mol. The van der Waals surface area contributed by atoms with Crippen LogP contribution in [0, 0.1) is 5.92 Å². The second-order valence-corrected chi connectivity index (χ2v) is 7.66. The molecule has 0 saturated heterocycles. The molecule has 1 aromatic heterocycles. The zero-order chi connectivity index (χ0) is 18.1. The summed E-state index contributed by atoms with van der Waals surface area (Å²) < 4.78 is 5.75. The van der Waals surface area contributed by atoms with Gasteiger partial charge in [0.05, 0.1) is 5.56 Å². The van der Waals surface area contributed by atoms with Crippen molar-refractivity contribution in [3.63, 3.8) is 0 Å². The Kier molecular flexibility index (Phi) is 4.75. The number of anilines is 1. The summed E-state index contributed by atoms with van der Waals surface area (Å²) in [4.78, 5) is 12.9. The van der Waals surface area contributed by atoms with E-state index in [1.165, 1.54) is 6.42 Å². The van der Waals surface area contributed by atoms with Crippen LogP contribution in [0.15, 0.2) is 33.5 Å². The van der Waals surface area contributed by atoms with Gasteiger partial charge in [-0.15, -0.1) is 0 Å². The molecule has 4 heteroatoms. The highest BCUT2D eigenvalue weighted by molar-refractivity contribution is 5.51. The highest BCUT2D eigenvalue weighted by Crippen LogP contribution is 2.48. The third-order valence-corrected chi connectivity index (χ3v) is 5.83. The lowest BCUT2D eigenvalue weighted by Crippen LogP contribution is -2.19. The van der Waals surface area contributed by atoms with E-state index in [0.717, 1.165) is 61.8 Å². The fraction of sp³-hybridized carbons (Fsp3) is 0.500. The number of rotatable bonds is 4. The molecule has 0 spiro atoms. The van der Waals surface area contributed by atoms with E-state index in [4.69, 9.17) is 4.42 Å². The molecule has 0 aliphatic heterocycles. The van der Waals surface area contributed by atoms with Gasteiger partial charge in [0.1, 0.15) is 11.5 Å². The van der Waals surface area contributed by atoms with Gasteiger partial charge < -0.3 is 14.8 Å². The lowest BCUT2D eigenvalue weighted by Gasteiger charge is -2.21. The van der Waals surface area contributed by atoms with Crippen molar-refractivity contribution in [2.75, 3.05) is 12.4 Å². The monoisotopic (exact) mass is 353 g/mol. The molecule has 1 heterocycles. The maximum atomic E-state index is 12.9. The van der Waals surface area contributed by atoms with Gasteiger partial charge in [0, 0.05) is 30.6 Å². The molecule has 1 unspecified atom stereocenters. The summed E-state index contributed by atoms with van der Waals surface area (Å²) in [7, 11) is 1.89. The molecule has 0 amide bonds. The summed E-state index contributed by atoms with van der Waals surface area (Å²) in [6, 6.07) is 8.15. The minimum absolute atomic E-state index is 0.0877. The van der Waals surface area contributed by atoms with Crippen LogP contribution < -0.4 is 10.9 Å². The first-order chi connectivity index (χ1) is 12.7. The standard InChI is InChI=1S/C22H27NO3/c1-23-16-8-6-7-15(13-16)19(14-11-12-14)20-21(24)17-9-4-2-3-5-10-18(17)26-22(20)25/h6-8,13-14,19,23-24H,2-5,9-12H2,1H3. The molecule has 0 bridgehead atoms.